The first-order chi connectivity index (χ1) is 10.7. The standard InChI is InChI=1S/C16H19FN2O2S/c1-21-10-11-14-12(17)4-2-5-13(14)22-15(11)16(20)19-8-3-6-18-7-9-19/h2,4-5,18H,3,6-10H2,1H3. The summed E-state index contributed by atoms with van der Waals surface area (Å²) in [6.07, 6.45) is 0.935. The monoisotopic (exact) mass is 322 g/mol. The first-order valence-corrected chi connectivity index (χ1v) is 8.23. The first kappa shape index (κ1) is 15.4. The molecule has 1 saturated heterocycles. The number of hydrogen-bond acceptors (Lipinski definition) is 4. The molecule has 1 fully saturated rings. The second-order valence-corrected chi connectivity index (χ2v) is 6.40. The number of nitrogens with one attached hydrogen (secondary N) is 1. The predicted octanol–water partition coefficient (Wildman–Crippen LogP) is 2.62. The molecule has 1 amide bonds. The number of thiophene rings is 1. The van der Waals surface area contributed by atoms with Gasteiger partial charge in [0.05, 0.1) is 11.5 Å². The Kier molecular flexibility index (Phi) is 4.71. The third kappa shape index (κ3) is 2.86. The van der Waals surface area contributed by atoms with E-state index in [2.05, 4.69) is 5.32 Å². The molecule has 1 aromatic heterocycles. The molecule has 22 heavy (non-hydrogen) atoms. The van der Waals surface area contributed by atoms with Crippen molar-refractivity contribution in [3.8, 4) is 0 Å². The molecule has 1 aliphatic rings. The van der Waals surface area contributed by atoms with E-state index in [0.29, 0.717) is 22.4 Å². The van der Waals surface area contributed by atoms with Gasteiger partial charge in [0.1, 0.15) is 5.82 Å². The summed E-state index contributed by atoms with van der Waals surface area (Å²) in [6.45, 7) is 3.38. The summed E-state index contributed by atoms with van der Waals surface area (Å²) in [5, 5.41) is 3.80. The molecule has 6 heteroatoms. The van der Waals surface area contributed by atoms with Crippen LogP contribution in [0.2, 0.25) is 0 Å². The van der Waals surface area contributed by atoms with Gasteiger partial charge in [0.15, 0.2) is 0 Å². The summed E-state index contributed by atoms with van der Waals surface area (Å²) >= 11 is 1.35. The average molecular weight is 322 g/mol. The van der Waals surface area contributed by atoms with Crippen molar-refractivity contribution in [2.24, 2.45) is 0 Å². The van der Waals surface area contributed by atoms with Crippen molar-refractivity contribution in [2.45, 2.75) is 13.0 Å². The van der Waals surface area contributed by atoms with E-state index >= 15 is 0 Å². The van der Waals surface area contributed by atoms with Crippen LogP contribution < -0.4 is 5.32 Å². The van der Waals surface area contributed by atoms with Crippen LogP contribution in [0.4, 0.5) is 4.39 Å². The van der Waals surface area contributed by atoms with Gasteiger partial charge in [-0.15, -0.1) is 11.3 Å². The third-order valence-electron chi connectivity index (χ3n) is 3.87. The van der Waals surface area contributed by atoms with Gasteiger partial charge in [0.25, 0.3) is 5.91 Å². The molecule has 4 nitrogen and oxygen atoms in total. The van der Waals surface area contributed by atoms with Gasteiger partial charge < -0.3 is 15.0 Å². The van der Waals surface area contributed by atoms with Gasteiger partial charge in [0.2, 0.25) is 0 Å². The zero-order valence-electron chi connectivity index (χ0n) is 12.5. The second-order valence-electron chi connectivity index (χ2n) is 5.35. The Hall–Kier alpha value is -1.50. The van der Waals surface area contributed by atoms with Gasteiger partial charge in [-0.2, -0.15) is 0 Å². The summed E-state index contributed by atoms with van der Waals surface area (Å²) in [5.74, 6) is -0.311. The number of amides is 1. The van der Waals surface area contributed by atoms with E-state index in [4.69, 9.17) is 4.74 Å². The molecule has 1 aromatic carbocycles. The van der Waals surface area contributed by atoms with Crippen LogP contribution in [0.25, 0.3) is 10.1 Å². The van der Waals surface area contributed by atoms with Gasteiger partial charge in [-0.05, 0) is 25.1 Å². The van der Waals surface area contributed by atoms with Gasteiger partial charge in [-0.3, -0.25) is 4.79 Å². The fourth-order valence-corrected chi connectivity index (χ4v) is 4.00. The molecule has 0 aliphatic carbocycles. The van der Waals surface area contributed by atoms with Gasteiger partial charge >= 0.3 is 0 Å². The van der Waals surface area contributed by atoms with Crippen molar-refractivity contribution in [2.75, 3.05) is 33.3 Å². The molecular formula is C16H19FN2O2S. The Morgan fingerprint density at radius 3 is 3.09 bits per heavy atom. The molecule has 1 aliphatic heterocycles. The molecule has 2 aromatic rings. The Morgan fingerprint density at radius 2 is 2.27 bits per heavy atom. The van der Waals surface area contributed by atoms with Crippen molar-refractivity contribution in [1.29, 1.82) is 0 Å². The van der Waals surface area contributed by atoms with Crippen molar-refractivity contribution >= 4 is 27.3 Å². The number of carbonyl (C=O) groups is 1. The molecule has 2 heterocycles. The van der Waals surface area contributed by atoms with Gasteiger partial charge in [0, 0.05) is 42.4 Å². The maximum Gasteiger partial charge on any atom is 0.264 e. The smallest absolute Gasteiger partial charge is 0.264 e. The van der Waals surface area contributed by atoms with Crippen LogP contribution in [0.15, 0.2) is 18.2 Å². The van der Waals surface area contributed by atoms with Crippen LogP contribution in [-0.2, 0) is 11.3 Å². The predicted molar refractivity (Wildman–Crippen MR) is 85.9 cm³/mol. The minimum absolute atomic E-state index is 0.0173. The number of fused-ring (bicyclic) bond motifs is 1. The molecule has 118 valence electrons. The molecule has 0 radical (unpaired) electrons. The number of benzene rings is 1. The number of ether oxygens (including phenoxy) is 1. The fourth-order valence-electron chi connectivity index (χ4n) is 2.81. The lowest BCUT2D eigenvalue weighted by Crippen LogP contribution is -2.34. The maximum atomic E-state index is 14.2. The largest absolute Gasteiger partial charge is 0.380 e. The number of halogens is 1. The first-order valence-electron chi connectivity index (χ1n) is 7.41. The molecule has 3 rings (SSSR count). The average Bonchev–Trinajstić information content (AvgIpc) is 2.71. The minimum Gasteiger partial charge on any atom is -0.380 e. The minimum atomic E-state index is -0.294. The number of rotatable bonds is 3. The summed E-state index contributed by atoms with van der Waals surface area (Å²) in [5.41, 5.74) is 0.669. The van der Waals surface area contributed by atoms with Crippen molar-refractivity contribution in [3.05, 3.63) is 34.5 Å². The van der Waals surface area contributed by atoms with E-state index in [1.165, 1.54) is 17.4 Å². The number of nitrogens with zero attached hydrogens (tertiary/aromatic N) is 1. The van der Waals surface area contributed by atoms with E-state index in [9.17, 15) is 9.18 Å². The van der Waals surface area contributed by atoms with E-state index in [1.807, 2.05) is 11.0 Å². The number of carbonyl (C=O) groups excluding carboxylic acids is 1. The number of hydrogen-bond donors (Lipinski definition) is 1. The molecule has 0 spiro atoms. The topological polar surface area (TPSA) is 41.6 Å². The Morgan fingerprint density at radius 1 is 1.41 bits per heavy atom. The zero-order chi connectivity index (χ0) is 15.5. The fraction of sp³-hybridized carbons (Fsp3) is 0.438. The second kappa shape index (κ2) is 6.73. The van der Waals surface area contributed by atoms with Crippen LogP contribution in [0.3, 0.4) is 0 Å². The summed E-state index contributed by atoms with van der Waals surface area (Å²) in [4.78, 5) is 15.3. The third-order valence-corrected chi connectivity index (χ3v) is 5.06. The highest BCUT2D eigenvalue weighted by Gasteiger charge is 2.25. The molecule has 1 N–H and O–H groups in total. The van der Waals surface area contributed by atoms with Crippen LogP contribution in [0.5, 0.6) is 0 Å². The van der Waals surface area contributed by atoms with Crippen LogP contribution >= 0.6 is 11.3 Å². The van der Waals surface area contributed by atoms with Crippen molar-refractivity contribution < 1.29 is 13.9 Å². The van der Waals surface area contributed by atoms with E-state index in [-0.39, 0.29) is 18.3 Å². The lowest BCUT2D eigenvalue weighted by atomic mass is 10.1. The molecular weight excluding hydrogens is 303 g/mol. The quantitative estimate of drug-likeness (QED) is 0.944. The lowest BCUT2D eigenvalue weighted by Gasteiger charge is -2.19. The summed E-state index contributed by atoms with van der Waals surface area (Å²) < 4.78 is 20.2. The van der Waals surface area contributed by atoms with Gasteiger partial charge in [-0.25, -0.2) is 4.39 Å². The van der Waals surface area contributed by atoms with E-state index in [0.717, 1.165) is 30.8 Å². The Bertz CT molecular complexity index is 678. The summed E-state index contributed by atoms with van der Waals surface area (Å²) in [7, 11) is 1.56. The van der Waals surface area contributed by atoms with Crippen molar-refractivity contribution in [1.82, 2.24) is 10.2 Å². The Balaban J connectivity index is 2.03. The molecule has 0 bridgehead atoms. The molecule has 0 saturated carbocycles. The Labute approximate surface area is 132 Å². The summed E-state index contributed by atoms with van der Waals surface area (Å²) in [6, 6.07) is 4.95. The van der Waals surface area contributed by atoms with Gasteiger partial charge in [-0.1, -0.05) is 6.07 Å². The SMILES string of the molecule is COCc1c(C(=O)N2CCCNCC2)sc2cccc(F)c12. The molecule has 0 unspecified atom stereocenters. The highest BCUT2D eigenvalue weighted by Crippen LogP contribution is 2.34. The van der Waals surface area contributed by atoms with Crippen molar-refractivity contribution in [3.63, 3.8) is 0 Å². The van der Waals surface area contributed by atoms with Crippen LogP contribution in [0.1, 0.15) is 21.7 Å². The highest BCUT2D eigenvalue weighted by molar-refractivity contribution is 7.21. The van der Waals surface area contributed by atoms with Crippen LogP contribution in [-0.4, -0.2) is 44.1 Å². The molecule has 0 atom stereocenters. The lowest BCUT2D eigenvalue weighted by molar-refractivity contribution is 0.0767. The maximum absolute atomic E-state index is 14.2. The van der Waals surface area contributed by atoms with Crippen LogP contribution in [0, 0.1) is 5.82 Å². The van der Waals surface area contributed by atoms with E-state index in [1.54, 1.807) is 13.2 Å². The number of methoxy groups -OCH3 is 1. The van der Waals surface area contributed by atoms with E-state index < -0.39 is 0 Å². The highest BCUT2D eigenvalue weighted by atomic mass is 32.1. The normalized spacial score (nSPS) is 16.0. The zero-order valence-corrected chi connectivity index (χ0v) is 13.3.